The van der Waals surface area contributed by atoms with Gasteiger partial charge in [-0.05, 0) is 47.9 Å². The molecule has 0 spiro atoms. The molecule has 0 saturated carbocycles. The molecule has 0 saturated heterocycles. The number of carboxylic acids is 1. The lowest BCUT2D eigenvalue weighted by Crippen LogP contribution is -2.28. The fourth-order valence-electron chi connectivity index (χ4n) is 3.07. The second-order valence-corrected chi connectivity index (χ2v) is 6.51. The van der Waals surface area contributed by atoms with Gasteiger partial charge in [-0.3, -0.25) is 9.59 Å². The van der Waals surface area contributed by atoms with E-state index in [9.17, 15) is 22.8 Å². The smallest absolute Gasteiger partial charge is 0.416 e. The van der Waals surface area contributed by atoms with Crippen molar-refractivity contribution in [2.45, 2.75) is 33.0 Å². The molecule has 0 fully saturated rings. The van der Waals surface area contributed by atoms with Gasteiger partial charge in [0.1, 0.15) is 5.75 Å². The van der Waals surface area contributed by atoms with Crippen LogP contribution >= 0.6 is 0 Å². The standard InChI is InChI=1S/C21H22F3NO4/c1-4-25(13(2)26)12-15-11-16(21(22,23)24)6-7-17(15)18-9-14(10-20(27)28)5-8-19(18)29-3/h5-9,11H,4,10,12H2,1-3H3,(H,27,28). The number of carbonyl (C=O) groups excluding carboxylic acids is 1. The fraction of sp³-hybridized carbons (Fsp3) is 0.333. The van der Waals surface area contributed by atoms with E-state index in [1.807, 2.05) is 0 Å². The quantitative estimate of drug-likeness (QED) is 0.737. The van der Waals surface area contributed by atoms with E-state index in [4.69, 9.17) is 9.84 Å². The summed E-state index contributed by atoms with van der Waals surface area (Å²) >= 11 is 0. The number of benzene rings is 2. The average Bonchev–Trinajstić information content (AvgIpc) is 2.64. The average molecular weight is 409 g/mol. The summed E-state index contributed by atoms with van der Waals surface area (Å²) in [5, 5.41) is 9.05. The third kappa shape index (κ3) is 5.49. The minimum Gasteiger partial charge on any atom is -0.496 e. The van der Waals surface area contributed by atoms with Crippen LogP contribution in [0.3, 0.4) is 0 Å². The van der Waals surface area contributed by atoms with Gasteiger partial charge < -0.3 is 14.7 Å². The molecule has 0 aliphatic carbocycles. The number of carboxylic acid groups (broad SMARTS) is 1. The minimum absolute atomic E-state index is 0.0165. The molecule has 8 heteroatoms. The Morgan fingerprint density at radius 2 is 1.79 bits per heavy atom. The summed E-state index contributed by atoms with van der Waals surface area (Å²) in [6, 6.07) is 8.07. The van der Waals surface area contributed by atoms with Crippen LogP contribution in [0.25, 0.3) is 11.1 Å². The molecule has 0 heterocycles. The Labute approximate surface area is 166 Å². The highest BCUT2D eigenvalue weighted by molar-refractivity contribution is 5.78. The lowest BCUT2D eigenvalue weighted by atomic mass is 9.94. The van der Waals surface area contributed by atoms with Crippen LogP contribution in [0, 0.1) is 0 Å². The summed E-state index contributed by atoms with van der Waals surface area (Å²) in [6.45, 7) is 3.41. The molecular weight excluding hydrogens is 387 g/mol. The SMILES string of the molecule is CCN(Cc1cc(C(F)(F)F)ccc1-c1cc(CC(=O)O)ccc1OC)C(C)=O. The number of alkyl halides is 3. The molecule has 156 valence electrons. The first-order valence-electron chi connectivity index (χ1n) is 8.91. The maximum Gasteiger partial charge on any atom is 0.416 e. The van der Waals surface area contributed by atoms with Crippen molar-refractivity contribution in [2.24, 2.45) is 0 Å². The molecule has 0 radical (unpaired) electrons. The normalized spacial score (nSPS) is 11.2. The Kier molecular flexibility index (Phi) is 6.89. The zero-order chi connectivity index (χ0) is 21.8. The van der Waals surface area contributed by atoms with Gasteiger partial charge >= 0.3 is 12.1 Å². The van der Waals surface area contributed by atoms with Crippen LogP contribution < -0.4 is 4.74 Å². The molecule has 0 aliphatic heterocycles. The third-order valence-electron chi connectivity index (χ3n) is 4.53. The van der Waals surface area contributed by atoms with E-state index in [0.717, 1.165) is 12.1 Å². The van der Waals surface area contributed by atoms with Crippen molar-refractivity contribution in [1.29, 1.82) is 0 Å². The fourth-order valence-corrected chi connectivity index (χ4v) is 3.07. The number of halogens is 3. The van der Waals surface area contributed by atoms with Gasteiger partial charge in [0, 0.05) is 25.6 Å². The number of aliphatic carboxylic acids is 1. The number of hydrogen-bond donors (Lipinski definition) is 1. The Balaban J connectivity index is 2.67. The van der Waals surface area contributed by atoms with Crippen LogP contribution in [0.15, 0.2) is 36.4 Å². The van der Waals surface area contributed by atoms with E-state index in [0.29, 0.717) is 34.5 Å². The van der Waals surface area contributed by atoms with E-state index in [-0.39, 0.29) is 18.9 Å². The van der Waals surface area contributed by atoms with Crippen molar-refractivity contribution in [3.05, 3.63) is 53.1 Å². The highest BCUT2D eigenvalue weighted by Crippen LogP contribution is 2.38. The first kappa shape index (κ1) is 22.3. The Morgan fingerprint density at radius 1 is 1.10 bits per heavy atom. The molecule has 1 N–H and O–H groups in total. The van der Waals surface area contributed by atoms with Gasteiger partial charge in [-0.2, -0.15) is 13.2 Å². The van der Waals surface area contributed by atoms with Crippen LogP contribution in [0.4, 0.5) is 13.2 Å². The van der Waals surface area contributed by atoms with Crippen LogP contribution in [0.5, 0.6) is 5.75 Å². The zero-order valence-electron chi connectivity index (χ0n) is 16.3. The topological polar surface area (TPSA) is 66.8 Å². The van der Waals surface area contributed by atoms with Gasteiger partial charge in [0.05, 0.1) is 19.1 Å². The largest absolute Gasteiger partial charge is 0.496 e. The van der Waals surface area contributed by atoms with Crippen molar-refractivity contribution in [3.8, 4) is 16.9 Å². The molecule has 29 heavy (non-hydrogen) atoms. The predicted molar refractivity (Wildman–Crippen MR) is 102 cm³/mol. The summed E-state index contributed by atoms with van der Waals surface area (Å²) in [7, 11) is 1.42. The van der Waals surface area contributed by atoms with Crippen molar-refractivity contribution >= 4 is 11.9 Å². The van der Waals surface area contributed by atoms with Crippen molar-refractivity contribution in [3.63, 3.8) is 0 Å². The van der Waals surface area contributed by atoms with E-state index in [1.54, 1.807) is 25.1 Å². The van der Waals surface area contributed by atoms with E-state index >= 15 is 0 Å². The minimum atomic E-state index is -4.53. The molecule has 2 rings (SSSR count). The van der Waals surface area contributed by atoms with Gasteiger partial charge in [0.15, 0.2) is 0 Å². The molecule has 0 bridgehead atoms. The Hall–Kier alpha value is -3.03. The van der Waals surface area contributed by atoms with Crippen molar-refractivity contribution < 1.29 is 32.6 Å². The van der Waals surface area contributed by atoms with Gasteiger partial charge in [0.25, 0.3) is 0 Å². The molecule has 5 nitrogen and oxygen atoms in total. The number of rotatable bonds is 7. The molecule has 0 aromatic heterocycles. The predicted octanol–water partition coefficient (Wildman–Crippen LogP) is 4.38. The lowest BCUT2D eigenvalue weighted by Gasteiger charge is -2.23. The summed E-state index contributed by atoms with van der Waals surface area (Å²) < 4.78 is 45.1. The number of methoxy groups -OCH3 is 1. The maximum absolute atomic E-state index is 13.3. The number of carbonyl (C=O) groups is 2. The first-order chi connectivity index (χ1) is 13.6. The first-order valence-corrected chi connectivity index (χ1v) is 8.91. The summed E-state index contributed by atoms with van der Waals surface area (Å²) in [5.41, 5.74) is 0.869. The third-order valence-corrected chi connectivity index (χ3v) is 4.53. The second kappa shape index (κ2) is 8.98. The van der Waals surface area contributed by atoms with E-state index in [1.165, 1.54) is 25.0 Å². The van der Waals surface area contributed by atoms with Crippen molar-refractivity contribution in [1.82, 2.24) is 4.90 Å². The second-order valence-electron chi connectivity index (χ2n) is 6.51. The number of ether oxygens (including phenoxy) is 1. The molecule has 0 unspecified atom stereocenters. The maximum atomic E-state index is 13.3. The molecular formula is C21H22F3NO4. The number of amides is 1. The summed E-state index contributed by atoms with van der Waals surface area (Å²) in [6.07, 6.45) is -4.77. The molecule has 1 amide bonds. The van der Waals surface area contributed by atoms with Gasteiger partial charge in [-0.25, -0.2) is 0 Å². The van der Waals surface area contributed by atoms with Crippen LogP contribution in [-0.2, 0) is 28.7 Å². The highest BCUT2D eigenvalue weighted by atomic mass is 19.4. The van der Waals surface area contributed by atoms with E-state index in [2.05, 4.69) is 0 Å². The zero-order valence-corrected chi connectivity index (χ0v) is 16.3. The van der Waals surface area contributed by atoms with Crippen LogP contribution in [-0.4, -0.2) is 35.5 Å². The Bertz CT molecular complexity index is 909. The van der Waals surface area contributed by atoms with E-state index < -0.39 is 17.7 Å². The number of nitrogens with zero attached hydrogens (tertiary/aromatic N) is 1. The summed E-state index contributed by atoms with van der Waals surface area (Å²) in [5.74, 6) is -0.893. The van der Waals surface area contributed by atoms with Gasteiger partial charge in [0.2, 0.25) is 5.91 Å². The molecule has 0 aliphatic rings. The monoisotopic (exact) mass is 409 g/mol. The molecule has 2 aromatic rings. The summed E-state index contributed by atoms with van der Waals surface area (Å²) in [4.78, 5) is 24.3. The van der Waals surface area contributed by atoms with Gasteiger partial charge in [-0.1, -0.05) is 12.1 Å². The lowest BCUT2D eigenvalue weighted by molar-refractivity contribution is -0.138. The molecule has 0 atom stereocenters. The van der Waals surface area contributed by atoms with Crippen LogP contribution in [0.2, 0.25) is 0 Å². The number of hydrogen-bond acceptors (Lipinski definition) is 3. The van der Waals surface area contributed by atoms with Crippen LogP contribution in [0.1, 0.15) is 30.5 Å². The van der Waals surface area contributed by atoms with Gasteiger partial charge in [-0.15, -0.1) is 0 Å². The van der Waals surface area contributed by atoms with Crippen molar-refractivity contribution in [2.75, 3.05) is 13.7 Å². The molecule has 2 aromatic carbocycles. The highest BCUT2D eigenvalue weighted by Gasteiger charge is 2.31. The Morgan fingerprint density at radius 3 is 2.31 bits per heavy atom.